The smallest absolute Gasteiger partial charge is 0.0488 e. The zero-order valence-electron chi connectivity index (χ0n) is 32.6. The van der Waals surface area contributed by atoms with Crippen molar-refractivity contribution in [3.8, 4) is 0 Å². The molecule has 0 aliphatic carbocycles. The Labute approximate surface area is 300 Å². The predicted molar refractivity (Wildman–Crippen MR) is 210 cm³/mol. The van der Waals surface area contributed by atoms with E-state index in [4.69, 9.17) is 0 Å². The van der Waals surface area contributed by atoms with Crippen molar-refractivity contribution in [2.24, 2.45) is 0 Å². The van der Waals surface area contributed by atoms with E-state index in [0.29, 0.717) is 13.1 Å². The highest BCUT2D eigenvalue weighted by molar-refractivity contribution is 5.22. The fourth-order valence-electron chi connectivity index (χ4n) is 7.01. The van der Waals surface area contributed by atoms with Gasteiger partial charge in [-0.2, -0.15) is 10.1 Å². The summed E-state index contributed by atoms with van der Waals surface area (Å²) in [5, 5.41) is 23.7. The van der Waals surface area contributed by atoms with Crippen molar-refractivity contribution in [1.82, 2.24) is 10.1 Å². The highest BCUT2D eigenvalue weighted by Crippen LogP contribution is 2.16. The molecule has 0 spiro atoms. The number of unbranched alkanes of at least 4 members (excludes halogenated alkanes) is 30. The molecule has 0 heterocycles. The molecular weight excluding hydrogens is 588 g/mol. The van der Waals surface area contributed by atoms with Crippen LogP contribution in [-0.4, -0.2) is 33.6 Å². The van der Waals surface area contributed by atoms with Crippen LogP contribution in [0.3, 0.4) is 0 Å². The molecule has 0 aliphatic heterocycles. The van der Waals surface area contributed by atoms with E-state index in [1.165, 1.54) is 203 Å². The van der Waals surface area contributed by atoms with Crippen molar-refractivity contribution in [3.05, 3.63) is 35.4 Å². The van der Waals surface area contributed by atoms with Crippen molar-refractivity contribution < 1.29 is 10.4 Å². The summed E-state index contributed by atoms with van der Waals surface area (Å²) in [4.78, 5) is 0. The molecule has 282 valence electrons. The highest BCUT2D eigenvalue weighted by atomic mass is 16.5. The Morgan fingerprint density at radius 3 is 0.708 bits per heavy atom. The number of benzene rings is 1. The van der Waals surface area contributed by atoms with Crippen molar-refractivity contribution >= 4 is 0 Å². The van der Waals surface area contributed by atoms with Gasteiger partial charge in [0.1, 0.15) is 0 Å². The molecule has 2 N–H and O–H groups in total. The van der Waals surface area contributed by atoms with Gasteiger partial charge < -0.3 is 10.4 Å². The largest absolute Gasteiger partial charge is 0.314 e. The van der Waals surface area contributed by atoms with Crippen LogP contribution in [0, 0.1) is 0 Å². The van der Waals surface area contributed by atoms with Crippen LogP contribution < -0.4 is 0 Å². The van der Waals surface area contributed by atoms with E-state index in [1.807, 2.05) is 0 Å². The predicted octanol–water partition coefficient (Wildman–Crippen LogP) is 14.6. The highest BCUT2D eigenvalue weighted by Gasteiger charge is 2.06. The first kappa shape index (κ1) is 45.1. The first-order valence-electron chi connectivity index (χ1n) is 21.6. The van der Waals surface area contributed by atoms with E-state index in [-0.39, 0.29) is 0 Å². The third-order valence-corrected chi connectivity index (χ3v) is 10.3. The van der Waals surface area contributed by atoms with Gasteiger partial charge in [-0.15, -0.1) is 0 Å². The van der Waals surface area contributed by atoms with Gasteiger partial charge in [-0.1, -0.05) is 231 Å². The summed E-state index contributed by atoms with van der Waals surface area (Å²) in [7, 11) is 0. The van der Waals surface area contributed by atoms with Gasteiger partial charge >= 0.3 is 0 Å². The summed E-state index contributed by atoms with van der Waals surface area (Å²) in [5.74, 6) is 0. The Balaban J connectivity index is 1.90. The molecule has 48 heavy (non-hydrogen) atoms. The minimum absolute atomic E-state index is 0.570. The van der Waals surface area contributed by atoms with Crippen LogP contribution in [0.2, 0.25) is 0 Å². The van der Waals surface area contributed by atoms with Crippen LogP contribution in [0.4, 0.5) is 0 Å². The molecule has 4 nitrogen and oxygen atoms in total. The third-order valence-electron chi connectivity index (χ3n) is 10.3. The van der Waals surface area contributed by atoms with Crippen molar-refractivity contribution in [2.45, 2.75) is 232 Å². The van der Waals surface area contributed by atoms with Crippen LogP contribution in [0.15, 0.2) is 24.3 Å². The molecule has 0 unspecified atom stereocenters. The summed E-state index contributed by atoms with van der Waals surface area (Å²) in [5.41, 5.74) is 2.25. The van der Waals surface area contributed by atoms with E-state index in [9.17, 15) is 10.4 Å². The molecule has 0 bridgehead atoms. The molecule has 1 aromatic rings. The average Bonchev–Trinajstić information content (AvgIpc) is 3.08. The Kier molecular flexibility index (Phi) is 33.7. The molecule has 0 atom stereocenters. The van der Waals surface area contributed by atoms with Gasteiger partial charge in [-0.25, -0.2) is 0 Å². The quantitative estimate of drug-likeness (QED) is 0.0542. The molecule has 0 saturated heterocycles. The maximum atomic E-state index is 10.4. The van der Waals surface area contributed by atoms with Gasteiger partial charge in [0.25, 0.3) is 0 Å². The lowest BCUT2D eigenvalue weighted by molar-refractivity contribution is -0.101. The standard InChI is InChI=1S/C44H84N2O2/c1-3-5-7-9-11-13-15-17-19-21-23-25-27-29-31-33-39-45(47)41-43-35-37-44(38-36-43)42-46(48)40-34-32-30-28-26-24-22-20-18-16-14-12-10-8-6-4-2/h35-38,47-48H,3-34,39-42H2,1-2H3. The van der Waals surface area contributed by atoms with Crippen LogP contribution in [0.5, 0.6) is 0 Å². The summed E-state index contributed by atoms with van der Waals surface area (Å²) in [6.45, 7) is 7.20. The first-order chi connectivity index (χ1) is 23.7. The summed E-state index contributed by atoms with van der Waals surface area (Å²) >= 11 is 0. The molecule has 0 fully saturated rings. The zero-order chi connectivity index (χ0) is 34.6. The lowest BCUT2D eigenvalue weighted by Crippen LogP contribution is -2.21. The molecule has 4 heteroatoms. The van der Waals surface area contributed by atoms with Gasteiger partial charge in [-0.05, 0) is 24.0 Å². The van der Waals surface area contributed by atoms with E-state index in [0.717, 1.165) is 37.1 Å². The van der Waals surface area contributed by atoms with Gasteiger partial charge in [0.2, 0.25) is 0 Å². The summed E-state index contributed by atoms with van der Waals surface area (Å²) in [6, 6.07) is 8.37. The molecule has 0 amide bonds. The number of hydrogen-bond acceptors (Lipinski definition) is 4. The van der Waals surface area contributed by atoms with Gasteiger partial charge in [0, 0.05) is 26.2 Å². The Bertz CT molecular complexity index is 692. The van der Waals surface area contributed by atoms with Gasteiger partial charge in [-0.3, -0.25) is 0 Å². The molecule has 1 aromatic carbocycles. The maximum Gasteiger partial charge on any atom is 0.0488 e. The van der Waals surface area contributed by atoms with Crippen molar-refractivity contribution in [2.75, 3.05) is 13.1 Å². The van der Waals surface area contributed by atoms with Gasteiger partial charge in [0.15, 0.2) is 0 Å². The SMILES string of the molecule is CCCCCCCCCCCCCCCCCCN(O)Cc1ccc(CN(O)CCCCCCCCCCCCCCCCCC)cc1. The monoisotopic (exact) mass is 673 g/mol. The molecule has 0 aromatic heterocycles. The molecule has 0 saturated carbocycles. The Morgan fingerprint density at radius 1 is 0.312 bits per heavy atom. The topological polar surface area (TPSA) is 46.9 Å². The van der Waals surface area contributed by atoms with Crippen molar-refractivity contribution in [1.29, 1.82) is 0 Å². The zero-order valence-corrected chi connectivity index (χ0v) is 32.6. The molecule has 0 aliphatic rings. The number of rotatable bonds is 38. The van der Waals surface area contributed by atoms with Gasteiger partial charge in [0.05, 0.1) is 0 Å². The number of hydrogen-bond donors (Lipinski definition) is 2. The second-order valence-corrected chi connectivity index (χ2v) is 15.2. The molecular formula is C44H84N2O2. The first-order valence-corrected chi connectivity index (χ1v) is 21.6. The maximum absolute atomic E-state index is 10.4. The van der Waals surface area contributed by atoms with E-state index < -0.39 is 0 Å². The Hall–Kier alpha value is -0.940. The second-order valence-electron chi connectivity index (χ2n) is 15.2. The molecule has 1 rings (SSSR count). The van der Waals surface area contributed by atoms with E-state index >= 15 is 0 Å². The fraction of sp³-hybridized carbons (Fsp3) is 0.864. The fourth-order valence-corrected chi connectivity index (χ4v) is 7.01. The van der Waals surface area contributed by atoms with E-state index in [2.05, 4.69) is 38.1 Å². The second kappa shape index (κ2) is 35.9. The molecule has 0 radical (unpaired) electrons. The lowest BCUT2D eigenvalue weighted by Gasteiger charge is -2.17. The van der Waals surface area contributed by atoms with Crippen LogP contribution >= 0.6 is 0 Å². The lowest BCUT2D eigenvalue weighted by atomic mass is 10.0. The minimum Gasteiger partial charge on any atom is -0.314 e. The Morgan fingerprint density at radius 2 is 0.500 bits per heavy atom. The average molecular weight is 673 g/mol. The van der Waals surface area contributed by atoms with Crippen molar-refractivity contribution in [3.63, 3.8) is 0 Å². The van der Waals surface area contributed by atoms with E-state index in [1.54, 1.807) is 0 Å². The van der Waals surface area contributed by atoms with Crippen LogP contribution in [0.25, 0.3) is 0 Å². The van der Waals surface area contributed by atoms with Crippen LogP contribution in [0.1, 0.15) is 230 Å². The summed E-state index contributed by atoms with van der Waals surface area (Å²) in [6.07, 6.45) is 43.8. The number of hydroxylamine groups is 4. The minimum atomic E-state index is 0.570. The summed E-state index contributed by atoms with van der Waals surface area (Å²) < 4.78 is 0. The van der Waals surface area contributed by atoms with Crippen LogP contribution in [-0.2, 0) is 13.1 Å². The normalized spacial score (nSPS) is 11.8. The third kappa shape index (κ3) is 31.1. The number of nitrogens with zero attached hydrogens (tertiary/aromatic N) is 2.